The predicted molar refractivity (Wildman–Crippen MR) is 111 cm³/mol. The zero-order chi connectivity index (χ0) is 19.3. The van der Waals surface area contributed by atoms with E-state index >= 15 is 0 Å². The largest absolute Gasteiger partial charge is 0.355 e. The first-order chi connectivity index (χ1) is 13.0. The molecule has 150 valence electrons. The molecule has 2 aliphatic rings. The number of hydrogen-bond acceptors (Lipinski definition) is 4. The van der Waals surface area contributed by atoms with Gasteiger partial charge in [0.1, 0.15) is 0 Å². The Morgan fingerprint density at radius 3 is 2.37 bits per heavy atom. The number of carbonyl (C=O) groups is 1. The van der Waals surface area contributed by atoms with Crippen molar-refractivity contribution in [3.05, 3.63) is 29.3 Å². The van der Waals surface area contributed by atoms with Crippen LogP contribution in [-0.4, -0.2) is 49.3 Å². The molecular weight excluding hydrogens is 404 g/mol. The van der Waals surface area contributed by atoms with Crippen LogP contribution < -0.4 is 5.32 Å². The third-order valence-electron chi connectivity index (χ3n) is 5.33. The van der Waals surface area contributed by atoms with Crippen LogP contribution in [0.2, 0.25) is 5.02 Å². The second-order valence-electron chi connectivity index (χ2n) is 7.20. The van der Waals surface area contributed by atoms with Gasteiger partial charge in [-0.15, -0.1) is 0 Å². The van der Waals surface area contributed by atoms with Gasteiger partial charge in [-0.25, -0.2) is 8.42 Å². The predicted octanol–water partition coefficient (Wildman–Crippen LogP) is 3.53. The Morgan fingerprint density at radius 2 is 1.74 bits per heavy atom. The molecule has 2 fully saturated rings. The molecule has 1 aliphatic carbocycles. The van der Waals surface area contributed by atoms with E-state index in [1.807, 2.05) is 11.8 Å². The smallest absolute Gasteiger partial charge is 0.243 e. The van der Waals surface area contributed by atoms with Crippen LogP contribution in [0.1, 0.15) is 38.5 Å². The molecule has 1 aromatic rings. The highest BCUT2D eigenvalue weighted by Crippen LogP contribution is 2.29. The van der Waals surface area contributed by atoms with Gasteiger partial charge in [-0.2, -0.15) is 16.1 Å². The minimum atomic E-state index is -3.52. The van der Waals surface area contributed by atoms with Gasteiger partial charge in [0.25, 0.3) is 0 Å². The van der Waals surface area contributed by atoms with E-state index in [0.29, 0.717) is 37.5 Å². The highest BCUT2D eigenvalue weighted by Gasteiger charge is 2.32. The second-order valence-corrected chi connectivity index (χ2v) is 11.0. The van der Waals surface area contributed by atoms with E-state index in [1.54, 1.807) is 12.1 Å². The zero-order valence-corrected chi connectivity index (χ0v) is 17.8. The van der Waals surface area contributed by atoms with E-state index in [4.69, 9.17) is 11.6 Å². The van der Waals surface area contributed by atoms with Crippen LogP contribution in [0.15, 0.2) is 29.2 Å². The number of carbonyl (C=O) groups excluding carboxylic acids is 1. The summed E-state index contributed by atoms with van der Waals surface area (Å²) in [5, 5.41) is 4.30. The van der Waals surface area contributed by atoms with E-state index in [0.717, 1.165) is 11.0 Å². The van der Waals surface area contributed by atoms with Crippen LogP contribution in [0.25, 0.3) is 0 Å². The fourth-order valence-electron chi connectivity index (χ4n) is 3.71. The molecule has 5 nitrogen and oxygen atoms in total. The number of rotatable bonds is 7. The minimum absolute atomic E-state index is 0.0607. The van der Waals surface area contributed by atoms with E-state index in [2.05, 4.69) is 5.32 Å². The number of sulfonamides is 1. The Hall–Kier alpha value is -0.760. The highest BCUT2D eigenvalue weighted by molar-refractivity contribution is 7.99. The molecule has 27 heavy (non-hydrogen) atoms. The number of nitrogens with zero attached hydrogens (tertiary/aromatic N) is 1. The Balaban J connectivity index is 1.42. The van der Waals surface area contributed by atoms with Crippen LogP contribution in [0.5, 0.6) is 0 Å². The lowest BCUT2D eigenvalue weighted by molar-refractivity contribution is -0.125. The molecule has 0 atom stereocenters. The summed E-state index contributed by atoms with van der Waals surface area (Å²) in [6.07, 6.45) is 6.41. The third-order valence-corrected chi connectivity index (χ3v) is 8.88. The van der Waals surface area contributed by atoms with E-state index in [1.165, 1.54) is 42.1 Å². The van der Waals surface area contributed by atoms with Crippen LogP contribution in [0.3, 0.4) is 0 Å². The number of amides is 1. The Labute approximate surface area is 171 Å². The number of thioether (sulfide) groups is 1. The maximum absolute atomic E-state index is 12.7. The number of nitrogens with one attached hydrogen (secondary N) is 1. The van der Waals surface area contributed by atoms with Crippen molar-refractivity contribution in [2.45, 2.75) is 48.7 Å². The summed E-state index contributed by atoms with van der Waals surface area (Å²) in [6, 6.07) is 6.22. The molecule has 8 heteroatoms. The number of piperidine rings is 1. The van der Waals surface area contributed by atoms with Crippen molar-refractivity contribution >= 4 is 39.3 Å². The van der Waals surface area contributed by atoms with Crippen molar-refractivity contribution in [2.24, 2.45) is 5.92 Å². The number of halogens is 1. The van der Waals surface area contributed by atoms with Gasteiger partial charge in [-0.3, -0.25) is 4.79 Å². The molecule has 0 bridgehead atoms. The summed E-state index contributed by atoms with van der Waals surface area (Å²) in [7, 11) is -3.52. The van der Waals surface area contributed by atoms with Crippen molar-refractivity contribution in [3.63, 3.8) is 0 Å². The minimum Gasteiger partial charge on any atom is -0.355 e. The first-order valence-electron chi connectivity index (χ1n) is 9.62. The summed E-state index contributed by atoms with van der Waals surface area (Å²) < 4.78 is 26.9. The van der Waals surface area contributed by atoms with Gasteiger partial charge < -0.3 is 5.32 Å². The SMILES string of the molecule is O=C(NCCSC1CCCC1)C1CCN(S(=O)(=O)c2ccc(Cl)cc2)CC1. The first-order valence-corrected chi connectivity index (χ1v) is 12.5. The monoisotopic (exact) mass is 430 g/mol. The van der Waals surface area contributed by atoms with Crippen LogP contribution in [-0.2, 0) is 14.8 Å². The van der Waals surface area contributed by atoms with Gasteiger partial charge in [0, 0.05) is 41.6 Å². The van der Waals surface area contributed by atoms with E-state index in [9.17, 15) is 13.2 Å². The highest BCUT2D eigenvalue weighted by atomic mass is 35.5. The molecule has 0 unspecified atom stereocenters. The number of hydrogen-bond donors (Lipinski definition) is 1. The van der Waals surface area contributed by atoms with Gasteiger partial charge in [0.05, 0.1) is 4.90 Å². The molecule has 0 aromatic heterocycles. The maximum Gasteiger partial charge on any atom is 0.243 e. The fraction of sp³-hybridized carbons (Fsp3) is 0.632. The molecule has 1 amide bonds. The zero-order valence-electron chi connectivity index (χ0n) is 15.4. The molecule has 0 spiro atoms. The number of benzene rings is 1. The Bertz CT molecular complexity index is 726. The fourth-order valence-corrected chi connectivity index (χ4v) is 6.53. The standard InChI is InChI=1S/C19H27ClN2O3S2/c20-16-5-7-18(8-6-16)27(24,25)22-12-9-15(10-13-22)19(23)21-11-14-26-17-3-1-2-4-17/h5-8,15,17H,1-4,9-14H2,(H,21,23). The molecule has 3 rings (SSSR count). The summed E-state index contributed by atoms with van der Waals surface area (Å²) in [5.41, 5.74) is 0. The third kappa shape index (κ3) is 5.62. The molecule has 1 aliphatic heterocycles. The molecule has 1 aromatic carbocycles. The Kier molecular flexibility index (Phi) is 7.48. The van der Waals surface area contributed by atoms with Crippen molar-refractivity contribution in [1.82, 2.24) is 9.62 Å². The van der Waals surface area contributed by atoms with Crippen molar-refractivity contribution < 1.29 is 13.2 Å². The molecular formula is C19H27ClN2O3S2. The van der Waals surface area contributed by atoms with Crippen molar-refractivity contribution in [1.29, 1.82) is 0 Å². The summed E-state index contributed by atoms with van der Waals surface area (Å²) in [6.45, 7) is 1.45. The van der Waals surface area contributed by atoms with Gasteiger partial charge in [-0.1, -0.05) is 24.4 Å². The maximum atomic E-state index is 12.7. The van der Waals surface area contributed by atoms with Gasteiger partial charge >= 0.3 is 0 Å². The van der Waals surface area contributed by atoms with Crippen LogP contribution in [0.4, 0.5) is 0 Å². The molecule has 1 saturated carbocycles. The van der Waals surface area contributed by atoms with Crippen LogP contribution >= 0.6 is 23.4 Å². The normalized spacial score (nSPS) is 20.0. The van der Waals surface area contributed by atoms with Crippen LogP contribution in [0, 0.1) is 5.92 Å². The first kappa shape index (κ1) is 21.0. The molecule has 1 saturated heterocycles. The summed E-state index contributed by atoms with van der Waals surface area (Å²) in [5.74, 6) is 0.920. The van der Waals surface area contributed by atoms with Gasteiger partial charge in [0.15, 0.2) is 0 Å². The average molecular weight is 431 g/mol. The lowest BCUT2D eigenvalue weighted by atomic mass is 9.97. The van der Waals surface area contributed by atoms with Crippen molar-refractivity contribution in [2.75, 3.05) is 25.4 Å². The summed E-state index contributed by atoms with van der Waals surface area (Å²) >= 11 is 7.80. The van der Waals surface area contributed by atoms with Crippen molar-refractivity contribution in [3.8, 4) is 0 Å². The topological polar surface area (TPSA) is 66.5 Å². The second kappa shape index (κ2) is 9.63. The lowest BCUT2D eigenvalue weighted by Crippen LogP contribution is -2.43. The molecule has 1 N–H and O–H groups in total. The quantitative estimate of drug-likeness (QED) is 0.672. The van der Waals surface area contributed by atoms with Gasteiger partial charge in [-0.05, 0) is 49.9 Å². The molecule has 1 heterocycles. The lowest BCUT2D eigenvalue weighted by Gasteiger charge is -2.30. The van der Waals surface area contributed by atoms with E-state index in [-0.39, 0.29) is 16.7 Å². The van der Waals surface area contributed by atoms with Gasteiger partial charge in [0.2, 0.25) is 15.9 Å². The average Bonchev–Trinajstić information content (AvgIpc) is 3.19. The van der Waals surface area contributed by atoms with E-state index < -0.39 is 10.0 Å². The molecule has 0 radical (unpaired) electrons. The summed E-state index contributed by atoms with van der Waals surface area (Å²) in [4.78, 5) is 12.6. The Morgan fingerprint density at radius 1 is 1.11 bits per heavy atom.